The van der Waals surface area contributed by atoms with Gasteiger partial charge in [-0.2, -0.15) is 0 Å². The van der Waals surface area contributed by atoms with Crippen LogP contribution in [0.15, 0.2) is 0 Å². The fourth-order valence-corrected chi connectivity index (χ4v) is 6.16. The van der Waals surface area contributed by atoms with Crippen molar-refractivity contribution in [1.29, 1.82) is 0 Å². The summed E-state index contributed by atoms with van der Waals surface area (Å²) in [5, 5.41) is 5.84. The van der Waals surface area contributed by atoms with Crippen molar-refractivity contribution in [3.63, 3.8) is 0 Å². The number of amides is 5. The lowest BCUT2D eigenvalue weighted by Crippen LogP contribution is -2.61. The van der Waals surface area contributed by atoms with Crippen LogP contribution in [0.2, 0.25) is 0 Å². The molecule has 11 nitrogen and oxygen atoms in total. The lowest BCUT2D eigenvalue weighted by atomic mass is 9.97. The molecule has 2 heterocycles. The molecule has 0 unspecified atom stereocenters. The highest BCUT2D eigenvalue weighted by molar-refractivity contribution is 5.96. The highest BCUT2D eigenvalue weighted by Crippen LogP contribution is 2.28. The quantitative estimate of drug-likeness (QED) is 0.372. The highest BCUT2D eigenvalue weighted by atomic mass is 16.2. The second-order valence-electron chi connectivity index (χ2n) is 14.6. The van der Waals surface area contributed by atoms with Crippen molar-refractivity contribution in [2.24, 2.45) is 17.8 Å². The fraction of sp³-hybridized carbons (Fsp3) is 0.844. The number of nitrogens with zero attached hydrogens (tertiary/aromatic N) is 4. The van der Waals surface area contributed by atoms with Crippen molar-refractivity contribution in [1.82, 2.24) is 30.2 Å². The molecule has 2 fully saturated rings. The summed E-state index contributed by atoms with van der Waals surface area (Å²) in [4.78, 5) is 74.7. The molecule has 2 rings (SSSR count). The van der Waals surface area contributed by atoms with E-state index in [9.17, 15) is 24.0 Å². The molecule has 5 amide bonds. The van der Waals surface area contributed by atoms with Crippen LogP contribution in [0.1, 0.15) is 88.0 Å². The minimum absolute atomic E-state index is 0.0415. The summed E-state index contributed by atoms with van der Waals surface area (Å²) < 4.78 is 0. The monoisotopic (exact) mass is 606 g/mol. The largest absolute Gasteiger partial charge is 0.343 e. The Morgan fingerprint density at radius 1 is 0.698 bits per heavy atom. The maximum Gasteiger partial charge on any atom is 0.246 e. The number of hydrogen-bond donors (Lipinski definition) is 2. The third kappa shape index (κ3) is 8.70. The van der Waals surface area contributed by atoms with Crippen LogP contribution in [0.3, 0.4) is 0 Å². The molecule has 0 aromatic heterocycles. The second kappa shape index (κ2) is 14.9. The zero-order valence-corrected chi connectivity index (χ0v) is 28.7. The van der Waals surface area contributed by atoms with E-state index in [2.05, 4.69) is 10.6 Å². The minimum atomic E-state index is -0.864. The molecule has 5 atom stereocenters. The van der Waals surface area contributed by atoms with E-state index in [-0.39, 0.29) is 46.9 Å². The summed E-state index contributed by atoms with van der Waals surface area (Å²) >= 11 is 0. The average molecular weight is 607 g/mol. The van der Waals surface area contributed by atoms with Crippen LogP contribution < -0.4 is 10.6 Å². The standard InChI is InChI=1S/C32H58N6O5/c1-19(2)24(33-28(40)26(21(5)6)35(10)11)27(39)34-25(20(3)4)31(43)38-18-14-16-23(38)30(42)37-17-13-15-22(37)29(41)36(12)32(7,8)9/h19-26H,13-18H2,1-12H3,(H,33,40)(H,34,39)/t22-,23-,24-,25-,26-/m0/s1. The maximum atomic E-state index is 14.0. The average Bonchev–Trinajstić information content (AvgIpc) is 3.57. The molecule has 0 aliphatic carbocycles. The van der Waals surface area contributed by atoms with Gasteiger partial charge in [-0.3, -0.25) is 28.9 Å². The van der Waals surface area contributed by atoms with Gasteiger partial charge < -0.3 is 25.3 Å². The molecule has 43 heavy (non-hydrogen) atoms. The molecule has 2 saturated heterocycles. The molecule has 0 aromatic carbocycles. The predicted octanol–water partition coefficient (Wildman–Crippen LogP) is 2.09. The second-order valence-corrected chi connectivity index (χ2v) is 14.6. The van der Waals surface area contributed by atoms with E-state index in [1.165, 1.54) is 0 Å². The Kier molecular flexibility index (Phi) is 12.6. The van der Waals surface area contributed by atoms with Crippen LogP contribution in [-0.4, -0.2) is 119 Å². The first kappa shape index (κ1) is 36.5. The summed E-state index contributed by atoms with van der Waals surface area (Å²) in [5.74, 6) is -1.67. The molecule has 11 heteroatoms. The van der Waals surface area contributed by atoms with Gasteiger partial charge in [0.15, 0.2) is 0 Å². The number of likely N-dealkylation sites (N-methyl/N-ethyl adjacent to an activating group) is 2. The molecule has 0 bridgehead atoms. The number of likely N-dealkylation sites (tertiary alicyclic amines) is 2. The number of carbonyl (C=O) groups is 5. The van der Waals surface area contributed by atoms with Gasteiger partial charge in [0, 0.05) is 25.7 Å². The van der Waals surface area contributed by atoms with E-state index in [1.807, 2.05) is 81.3 Å². The Morgan fingerprint density at radius 2 is 1.19 bits per heavy atom. The summed E-state index contributed by atoms with van der Waals surface area (Å²) in [6, 6.07) is -3.31. The van der Waals surface area contributed by atoms with Crippen molar-refractivity contribution in [2.75, 3.05) is 34.2 Å². The van der Waals surface area contributed by atoms with Gasteiger partial charge in [0.2, 0.25) is 29.5 Å². The first-order valence-corrected chi connectivity index (χ1v) is 16.0. The molecule has 2 aliphatic rings. The van der Waals surface area contributed by atoms with Gasteiger partial charge in [-0.15, -0.1) is 0 Å². The molecular weight excluding hydrogens is 548 g/mol. The lowest BCUT2D eigenvalue weighted by Gasteiger charge is -2.38. The van der Waals surface area contributed by atoms with Gasteiger partial charge >= 0.3 is 0 Å². The normalized spacial score (nSPS) is 21.4. The number of carbonyl (C=O) groups excluding carboxylic acids is 5. The van der Waals surface area contributed by atoms with Crippen LogP contribution in [0.5, 0.6) is 0 Å². The number of nitrogens with one attached hydrogen (secondary N) is 2. The van der Waals surface area contributed by atoms with Crippen LogP contribution in [0, 0.1) is 17.8 Å². The van der Waals surface area contributed by atoms with Gasteiger partial charge in [0.05, 0.1) is 6.04 Å². The Labute approximate surface area is 259 Å². The van der Waals surface area contributed by atoms with Crippen LogP contribution in [0.25, 0.3) is 0 Å². The van der Waals surface area contributed by atoms with E-state index in [4.69, 9.17) is 0 Å². The molecule has 0 aromatic rings. The Hall–Kier alpha value is -2.69. The van der Waals surface area contributed by atoms with E-state index in [1.54, 1.807) is 21.7 Å². The van der Waals surface area contributed by atoms with Gasteiger partial charge in [-0.05, 0) is 78.3 Å². The van der Waals surface area contributed by atoms with Gasteiger partial charge in [-0.25, -0.2) is 0 Å². The Morgan fingerprint density at radius 3 is 1.65 bits per heavy atom. The van der Waals surface area contributed by atoms with Crippen molar-refractivity contribution in [3.8, 4) is 0 Å². The lowest BCUT2D eigenvalue weighted by molar-refractivity contribution is -0.151. The third-order valence-electron chi connectivity index (χ3n) is 8.91. The van der Waals surface area contributed by atoms with Crippen molar-refractivity contribution >= 4 is 29.5 Å². The third-order valence-corrected chi connectivity index (χ3v) is 8.91. The van der Waals surface area contributed by atoms with Crippen LogP contribution in [-0.2, 0) is 24.0 Å². The van der Waals surface area contributed by atoms with E-state index in [0.717, 1.165) is 6.42 Å². The van der Waals surface area contributed by atoms with Gasteiger partial charge in [0.1, 0.15) is 24.2 Å². The summed E-state index contributed by atoms with van der Waals surface area (Å²) in [6.45, 7) is 18.1. The van der Waals surface area contributed by atoms with Gasteiger partial charge in [-0.1, -0.05) is 41.5 Å². The van der Waals surface area contributed by atoms with Crippen LogP contribution in [0.4, 0.5) is 0 Å². The van der Waals surface area contributed by atoms with Crippen molar-refractivity contribution in [2.45, 2.75) is 124 Å². The van der Waals surface area contributed by atoms with Gasteiger partial charge in [0.25, 0.3) is 0 Å². The topological polar surface area (TPSA) is 122 Å². The maximum absolute atomic E-state index is 14.0. The molecule has 0 spiro atoms. The minimum Gasteiger partial charge on any atom is -0.343 e. The van der Waals surface area contributed by atoms with Crippen molar-refractivity contribution in [3.05, 3.63) is 0 Å². The van der Waals surface area contributed by atoms with E-state index >= 15 is 0 Å². The number of rotatable bonds is 11. The number of hydrogen-bond acceptors (Lipinski definition) is 6. The van der Waals surface area contributed by atoms with Crippen molar-refractivity contribution < 1.29 is 24.0 Å². The molecule has 0 saturated carbocycles. The van der Waals surface area contributed by atoms with E-state index < -0.39 is 36.1 Å². The molecule has 2 N–H and O–H groups in total. The summed E-state index contributed by atoms with van der Waals surface area (Å²) in [6.07, 6.45) is 2.52. The fourth-order valence-electron chi connectivity index (χ4n) is 6.16. The SMILES string of the molecule is CC(C)[C@H](NC(=O)[C@H](C(C)C)N(C)C)C(=O)N[C@H](C(=O)N1CCC[C@H]1C(=O)N1CCC[C@H]1C(=O)N(C)C(C)(C)C)C(C)C. The summed E-state index contributed by atoms with van der Waals surface area (Å²) in [7, 11) is 5.43. The first-order chi connectivity index (χ1) is 19.8. The Bertz CT molecular complexity index is 1010. The highest BCUT2D eigenvalue weighted by Gasteiger charge is 2.45. The molecule has 2 aliphatic heterocycles. The van der Waals surface area contributed by atoms with Crippen LogP contribution >= 0.6 is 0 Å². The molecule has 246 valence electrons. The zero-order valence-electron chi connectivity index (χ0n) is 28.7. The summed E-state index contributed by atoms with van der Waals surface area (Å²) in [5.41, 5.74) is -0.373. The molecular formula is C32H58N6O5. The predicted molar refractivity (Wildman–Crippen MR) is 168 cm³/mol. The van der Waals surface area contributed by atoms with E-state index in [0.29, 0.717) is 32.4 Å². The first-order valence-electron chi connectivity index (χ1n) is 16.0. The Balaban J connectivity index is 2.22. The smallest absolute Gasteiger partial charge is 0.246 e. The molecule has 0 radical (unpaired) electrons. The zero-order chi connectivity index (χ0) is 33.0.